The first-order valence-electron chi connectivity index (χ1n) is 8.39. The average Bonchev–Trinajstić information content (AvgIpc) is 2.57. The van der Waals surface area contributed by atoms with Gasteiger partial charge in [0.15, 0.2) is 0 Å². The van der Waals surface area contributed by atoms with Gasteiger partial charge < -0.3 is 14.5 Å². The quantitative estimate of drug-likeness (QED) is 0.821. The normalized spacial score (nSPS) is 20.2. The number of carbonyl (C=O) groups is 2. The Kier molecular flexibility index (Phi) is 5.11. The molecule has 2 saturated heterocycles. The second-order valence-corrected chi connectivity index (χ2v) is 7.09. The van der Waals surface area contributed by atoms with E-state index >= 15 is 0 Å². The molecule has 0 atom stereocenters. The predicted octanol–water partition coefficient (Wildman–Crippen LogP) is 2.12. The van der Waals surface area contributed by atoms with Crippen LogP contribution in [0.1, 0.15) is 25.3 Å². The highest BCUT2D eigenvalue weighted by atomic mass is 35.5. The third-order valence-electron chi connectivity index (χ3n) is 4.99. The first-order valence-corrected chi connectivity index (χ1v) is 8.77. The second-order valence-electron chi connectivity index (χ2n) is 6.66. The molecule has 6 heteroatoms. The minimum Gasteiger partial charge on any atom is -0.371 e. The molecule has 130 valence electrons. The monoisotopic (exact) mass is 350 g/mol. The van der Waals surface area contributed by atoms with Gasteiger partial charge in [-0.3, -0.25) is 9.59 Å². The summed E-state index contributed by atoms with van der Waals surface area (Å²) in [5.74, 6) is 0.227. The van der Waals surface area contributed by atoms with Crippen molar-refractivity contribution in [3.63, 3.8) is 0 Å². The number of amides is 2. The van der Waals surface area contributed by atoms with Gasteiger partial charge in [-0.25, -0.2) is 0 Å². The number of halogens is 1. The summed E-state index contributed by atoms with van der Waals surface area (Å²) in [6.45, 7) is 4.81. The molecule has 2 heterocycles. The lowest BCUT2D eigenvalue weighted by molar-refractivity contribution is -0.162. The summed E-state index contributed by atoms with van der Waals surface area (Å²) >= 11 is 5.89. The molecule has 24 heavy (non-hydrogen) atoms. The van der Waals surface area contributed by atoms with Crippen molar-refractivity contribution in [3.05, 3.63) is 34.9 Å². The highest BCUT2D eigenvalue weighted by Crippen LogP contribution is 2.30. The van der Waals surface area contributed by atoms with Crippen LogP contribution in [0.2, 0.25) is 5.02 Å². The minimum atomic E-state index is -0.292. The molecule has 1 spiro atoms. The van der Waals surface area contributed by atoms with Gasteiger partial charge >= 0.3 is 0 Å². The smallest absolute Gasteiger partial charge is 0.227 e. The molecular weight excluding hydrogens is 328 g/mol. The van der Waals surface area contributed by atoms with Gasteiger partial charge in [-0.2, -0.15) is 0 Å². The van der Waals surface area contributed by atoms with Crippen LogP contribution in [0.5, 0.6) is 0 Å². The van der Waals surface area contributed by atoms with Crippen LogP contribution >= 0.6 is 11.6 Å². The zero-order valence-electron chi connectivity index (χ0n) is 14.0. The number of hydrogen-bond acceptors (Lipinski definition) is 3. The van der Waals surface area contributed by atoms with Gasteiger partial charge in [0.2, 0.25) is 11.8 Å². The average molecular weight is 351 g/mol. The maximum Gasteiger partial charge on any atom is 0.227 e. The Hall–Kier alpha value is -1.59. The van der Waals surface area contributed by atoms with Gasteiger partial charge in [0, 0.05) is 38.1 Å². The topological polar surface area (TPSA) is 49.9 Å². The van der Waals surface area contributed by atoms with E-state index in [1.54, 1.807) is 6.92 Å². The van der Waals surface area contributed by atoms with E-state index in [9.17, 15) is 9.59 Å². The fourth-order valence-electron chi connectivity index (χ4n) is 3.48. The Morgan fingerprint density at radius 2 is 1.79 bits per heavy atom. The van der Waals surface area contributed by atoms with Crippen LogP contribution < -0.4 is 0 Å². The zero-order chi connectivity index (χ0) is 17.2. The summed E-state index contributed by atoms with van der Waals surface area (Å²) in [4.78, 5) is 27.9. The molecule has 0 aromatic heterocycles. The Bertz CT molecular complexity index is 609. The molecule has 3 rings (SSSR count). The maximum absolute atomic E-state index is 12.6. The van der Waals surface area contributed by atoms with Crippen LogP contribution in [0.3, 0.4) is 0 Å². The van der Waals surface area contributed by atoms with Crippen LogP contribution in [0, 0.1) is 0 Å². The zero-order valence-corrected chi connectivity index (χ0v) is 14.7. The van der Waals surface area contributed by atoms with E-state index in [4.69, 9.17) is 16.3 Å². The Morgan fingerprint density at radius 3 is 2.42 bits per heavy atom. The van der Waals surface area contributed by atoms with Crippen molar-refractivity contribution >= 4 is 23.4 Å². The summed E-state index contributed by atoms with van der Waals surface area (Å²) in [7, 11) is 0. The van der Waals surface area contributed by atoms with E-state index in [0.717, 1.165) is 18.4 Å². The minimum absolute atomic E-state index is 0.108. The van der Waals surface area contributed by atoms with Gasteiger partial charge in [-0.05, 0) is 30.5 Å². The Balaban J connectivity index is 1.60. The van der Waals surface area contributed by atoms with Crippen molar-refractivity contribution in [2.75, 3.05) is 32.8 Å². The molecule has 0 aliphatic carbocycles. The summed E-state index contributed by atoms with van der Waals surface area (Å²) in [5, 5.41) is 0.675. The van der Waals surface area contributed by atoms with Crippen molar-refractivity contribution in [3.8, 4) is 0 Å². The number of morpholine rings is 1. The van der Waals surface area contributed by atoms with Crippen LogP contribution in [-0.2, 0) is 20.7 Å². The molecule has 0 N–H and O–H groups in total. The third-order valence-corrected chi connectivity index (χ3v) is 5.24. The molecule has 0 radical (unpaired) electrons. The van der Waals surface area contributed by atoms with Gasteiger partial charge in [0.1, 0.15) is 0 Å². The van der Waals surface area contributed by atoms with Crippen LogP contribution in [-0.4, -0.2) is 60.0 Å². The number of piperidine rings is 1. The van der Waals surface area contributed by atoms with Crippen LogP contribution in [0.4, 0.5) is 0 Å². The number of ether oxygens (including phenoxy) is 1. The molecule has 2 amide bonds. The van der Waals surface area contributed by atoms with Gasteiger partial charge in [-0.1, -0.05) is 23.7 Å². The lowest BCUT2D eigenvalue weighted by atomic mass is 9.89. The molecule has 0 bridgehead atoms. The van der Waals surface area contributed by atoms with E-state index in [0.29, 0.717) is 44.2 Å². The molecule has 0 unspecified atom stereocenters. The molecule has 2 aliphatic rings. The van der Waals surface area contributed by atoms with E-state index in [1.807, 2.05) is 34.1 Å². The van der Waals surface area contributed by atoms with E-state index < -0.39 is 0 Å². The summed E-state index contributed by atoms with van der Waals surface area (Å²) < 4.78 is 6.03. The van der Waals surface area contributed by atoms with Gasteiger partial charge in [-0.15, -0.1) is 0 Å². The number of rotatable bonds is 2. The van der Waals surface area contributed by atoms with Gasteiger partial charge in [0.05, 0.1) is 18.6 Å². The number of likely N-dealkylation sites (tertiary alicyclic amines) is 1. The number of carbonyl (C=O) groups excluding carboxylic acids is 2. The van der Waals surface area contributed by atoms with E-state index in [-0.39, 0.29) is 17.4 Å². The van der Waals surface area contributed by atoms with Crippen LogP contribution in [0.25, 0.3) is 0 Å². The lowest BCUT2D eigenvalue weighted by Crippen LogP contribution is -2.58. The van der Waals surface area contributed by atoms with E-state index in [1.165, 1.54) is 0 Å². The summed E-state index contributed by atoms with van der Waals surface area (Å²) in [6, 6.07) is 7.40. The maximum atomic E-state index is 12.6. The second kappa shape index (κ2) is 7.11. The standard InChI is InChI=1S/C18H23ClN2O3/c1-14(22)20-8-6-18(7-9-20)13-21(10-11-24-18)17(23)12-15-2-4-16(19)5-3-15/h2-5H,6-13H2,1H3. The molecule has 2 fully saturated rings. The summed E-state index contributed by atoms with van der Waals surface area (Å²) in [5.41, 5.74) is 0.677. The molecule has 1 aromatic rings. The van der Waals surface area contributed by atoms with Crippen molar-refractivity contribution in [2.45, 2.75) is 31.8 Å². The first-order chi connectivity index (χ1) is 11.5. The van der Waals surface area contributed by atoms with Crippen LogP contribution in [0.15, 0.2) is 24.3 Å². The highest BCUT2D eigenvalue weighted by Gasteiger charge is 2.41. The SMILES string of the molecule is CC(=O)N1CCC2(CC1)CN(C(=O)Cc1ccc(Cl)cc1)CCO2. The number of benzene rings is 1. The molecular formula is C18H23ClN2O3. The Labute approximate surface area is 147 Å². The molecule has 5 nitrogen and oxygen atoms in total. The fourth-order valence-corrected chi connectivity index (χ4v) is 3.60. The van der Waals surface area contributed by atoms with Crippen molar-refractivity contribution in [1.82, 2.24) is 9.80 Å². The van der Waals surface area contributed by atoms with E-state index in [2.05, 4.69) is 0 Å². The van der Waals surface area contributed by atoms with Crippen molar-refractivity contribution in [1.29, 1.82) is 0 Å². The predicted molar refractivity (Wildman–Crippen MR) is 91.9 cm³/mol. The molecule has 2 aliphatic heterocycles. The van der Waals surface area contributed by atoms with Crippen molar-refractivity contribution < 1.29 is 14.3 Å². The number of hydrogen-bond donors (Lipinski definition) is 0. The molecule has 1 aromatic carbocycles. The molecule has 0 saturated carbocycles. The summed E-state index contributed by atoms with van der Waals surface area (Å²) in [6.07, 6.45) is 1.96. The number of nitrogens with zero attached hydrogens (tertiary/aromatic N) is 2. The fraction of sp³-hybridized carbons (Fsp3) is 0.556. The highest BCUT2D eigenvalue weighted by molar-refractivity contribution is 6.30. The van der Waals surface area contributed by atoms with Crippen molar-refractivity contribution in [2.24, 2.45) is 0 Å². The lowest BCUT2D eigenvalue weighted by Gasteiger charge is -2.47. The largest absolute Gasteiger partial charge is 0.371 e. The van der Waals surface area contributed by atoms with Gasteiger partial charge in [0.25, 0.3) is 0 Å². The Morgan fingerprint density at radius 1 is 1.12 bits per heavy atom. The third kappa shape index (κ3) is 3.90. The first kappa shape index (κ1) is 17.2.